The number of methoxy groups -OCH3 is 1. The van der Waals surface area contributed by atoms with Crippen LogP contribution in [0.4, 0.5) is 10.5 Å². The molecule has 2 aliphatic rings. The molecule has 0 atom stereocenters. The summed E-state index contributed by atoms with van der Waals surface area (Å²) in [6.45, 7) is 3.25. The molecule has 11 nitrogen and oxygen atoms in total. The van der Waals surface area contributed by atoms with Crippen molar-refractivity contribution >= 4 is 34.6 Å². The molecule has 0 bridgehead atoms. The van der Waals surface area contributed by atoms with Gasteiger partial charge >= 0.3 is 11.8 Å². The van der Waals surface area contributed by atoms with E-state index in [1.54, 1.807) is 32.0 Å². The molecule has 0 radical (unpaired) electrons. The summed E-state index contributed by atoms with van der Waals surface area (Å²) in [4.78, 5) is 53.8. The number of piperidine rings is 1. The number of carbonyl (C=O) groups excluding carboxylic acids is 3. The second kappa shape index (κ2) is 10.2. The van der Waals surface area contributed by atoms with E-state index in [9.17, 15) is 19.2 Å². The Morgan fingerprint density at radius 1 is 1.13 bits per heavy atom. The Morgan fingerprint density at radius 3 is 2.63 bits per heavy atom. The number of rotatable bonds is 5. The average Bonchev–Trinajstić information content (AvgIpc) is 3.10. The van der Waals surface area contributed by atoms with Gasteiger partial charge in [-0.25, -0.2) is 9.59 Å². The lowest BCUT2D eigenvalue weighted by atomic mass is 10.0. The maximum Gasteiger partial charge on any atom is 0.419 e. The minimum absolute atomic E-state index is 0.0279. The van der Waals surface area contributed by atoms with Gasteiger partial charge in [0.1, 0.15) is 5.75 Å². The molecule has 1 fully saturated rings. The second-order valence-electron chi connectivity index (χ2n) is 9.76. The van der Waals surface area contributed by atoms with Gasteiger partial charge in [-0.05, 0) is 67.6 Å². The summed E-state index contributed by atoms with van der Waals surface area (Å²) in [6.07, 6.45) is 2.04. The van der Waals surface area contributed by atoms with Gasteiger partial charge in [-0.1, -0.05) is 0 Å². The number of benzene rings is 2. The van der Waals surface area contributed by atoms with Crippen molar-refractivity contribution in [3.05, 3.63) is 57.6 Å². The fourth-order valence-electron chi connectivity index (χ4n) is 5.34. The van der Waals surface area contributed by atoms with Gasteiger partial charge in [0.15, 0.2) is 5.58 Å². The highest BCUT2D eigenvalue weighted by Gasteiger charge is 2.31. The molecule has 0 unspecified atom stereocenters. The molecule has 0 aliphatic carbocycles. The summed E-state index contributed by atoms with van der Waals surface area (Å²) in [5.74, 6) is -0.336. The van der Waals surface area contributed by atoms with Gasteiger partial charge in [0.05, 0.1) is 19.2 Å². The van der Waals surface area contributed by atoms with E-state index in [0.29, 0.717) is 55.6 Å². The molecule has 200 valence electrons. The Labute approximate surface area is 219 Å². The van der Waals surface area contributed by atoms with Crippen LogP contribution >= 0.6 is 0 Å². The Balaban J connectivity index is 1.14. The smallest absolute Gasteiger partial charge is 0.419 e. The minimum atomic E-state index is -0.498. The fourth-order valence-corrected chi connectivity index (χ4v) is 5.34. The van der Waals surface area contributed by atoms with Crippen molar-refractivity contribution in [2.24, 2.45) is 7.05 Å². The van der Waals surface area contributed by atoms with Gasteiger partial charge < -0.3 is 29.6 Å². The van der Waals surface area contributed by atoms with Crippen molar-refractivity contribution in [2.45, 2.75) is 32.2 Å². The molecule has 4 amide bonds. The number of fused-ring (bicyclic) bond motifs is 2. The molecule has 38 heavy (non-hydrogen) atoms. The molecule has 1 aromatic heterocycles. The summed E-state index contributed by atoms with van der Waals surface area (Å²) >= 11 is 0. The quantitative estimate of drug-likeness (QED) is 0.531. The number of aromatic nitrogens is 1. The van der Waals surface area contributed by atoms with E-state index in [1.807, 2.05) is 23.1 Å². The predicted octanol–water partition coefficient (Wildman–Crippen LogP) is 2.26. The summed E-state index contributed by atoms with van der Waals surface area (Å²) in [5, 5.41) is 5.68. The zero-order valence-electron chi connectivity index (χ0n) is 21.7. The highest BCUT2D eigenvalue weighted by molar-refractivity contribution is 5.99. The molecule has 2 N–H and O–H groups in total. The summed E-state index contributed by atoms with van der Waals surface area (Å²) in [6, 6.07) is 8.71. The molecule has 0 spiro atoms. The van der Waals surface area contributed by atoms with Crippen molar-refractivity contribution in [1.29, 1.82) is 0 Å². The molecule has 0 saturated carbocycles. The number of oxazole rings is 1. The maximum absolute atomic E-state index is 12.9. The lowest BCUT2D eigenvalue weighted by Gasteiger charge is -2.38. The minimum Gasteiger partial charge on any atom is -0.497 e. The molecule has 2 aliphatic heterocycles. The Morgan fingerprint density at radius 2 is 1.89 bits per heavy atom. The highest BCUT2D eigenvalue weighted by Crippen LogP contribution is 2.27. The van der Waals surface area contributed by atoms with Crippen LogP contribution in [-0.4, -0.2) is 71.5 Å². The zero-order chi connectivity index (χ0) is 27.0. The van der Waals surface area contributed by atoms with E-state index in [4.69, 9.17) is 9.15 Å². The largest absolute Gasteiger partial charge is 0.497 e. The number of ether oxygens (including phenoxy) is 1. The Hall–Kier alpha value is -4.28. The monoisotopic (exact) mass is 521 g/mol. The standard InChI is InChI=1S/C27H31N5O6/c1-16-12-18(14-22-24(16)30(2)27(36)38-22)25(34)28-15-23(33)31-9-7-19(8-10-31)32-11-6-17-13-20(37-3)4-5-21(17)29-26(32)35/h4-5,12-14,19H,6-11,15H2,1-3H3,(H,28,34)(H,29,35). The van der Waals surface area contributed by atoms with Crippen molar-refractivity contribution in [1.82, 2.24) is 19.7 Å². The summed E-state index contributed by atoms with van der Waals surface area (Å²) < 4.78 is 11.9. The number of urea groups is 1. The van der Waals surface area contributed by atoms with Gasteiger partial charge in [-0.15, -0.1) is 0 Å². The first-order valence-electron chi connectivity index (χ1n) is 12.7. The van der Waals surface area contributed by atoms with Crippen molar-refractivity contribution in [2.75, 3.05) is 38.6 Å². The summed E-state index contributed by atoms with van der Waals surface area (Å²) in [7, 11) is 3.23. The lowest BCUT2D eigenvalue weighted by molar-refractivity contribution is -0.131. The van der Waals surface area contributed by atoms with Gasteiger partial charge in [0, 0.05) is 44.0 Å². The van der Waals surface area contributed by atoms with Crippen LogP contribution in [0.15, 0.2) is 39.5 Å². The number of anilines is 1. The topological polar surface area (TPSA) is 126 Å². The van der Waals surface area contributed by atoms with Gasteiger partial charge in [0.25, 0.3) is 5.91 Å². The van der Waals surface area contributed by atoms with Crippen molar-refractivity contribution < 1.29 is 23.5 Å². The molecule has 1 saturated heterocycles. The molecular formula is C27H31N5O6. The van der Waals surface area contributed by atoms with E-state index < -0.39 is 11.7 Å². The van der Waals surface area contributed by atoms with Crippen LogP contribution < -0.4 is 21.1 Å². The molecular weight excluding hydrogens is 490 g/mol. The number of likely N-dealkylation sites (tertiary alicyclic amines) is 1. The van der Waals surface area contributed by atoms with Crippen molar-refractivity contribution in [3.8, 4) is 5.75 Å². The van der Waals surface area contributed by atoms with Crippen LogP contribution in [0.2, 0.25) is 0 Å². The first kappa shape index (κ1) is 25.4. The van der Waals surface area contributed by atoms with Gasteiger partial charge in [-0.3, -0.25) is 14.2 Å². The maximum atomic E-state index is 12.9. The van der Waals surface area contributed by atoms with Crippen molar-refractivity contribution in [3.63, 3.8) is 0 Å². The fraction of sp³-hybridized carbons (Fsp3) is 0.407. The van der Waals surface area contributed by atoms with Crippen LogP contribution in [0.5, 0.6) is 5.75 Å². The van der Waals surface area contributed by atoms with E-state index in [1.165, 1.54) is 10.6 Å². The van der Waals surface area contributed by atoms with Crippen LogP contribution in [0.1, 0.15) is 34.3 Å². The number of hydrogen-bond acceptors (Lipinski definition) is 6. The number of hydrogen-bond donors (Lipinski definition) is 2. The van der Waals surface area contributed by atoms with Crippen LogP contribution in [0.3, 0.4) is 0 Å². The molecule has 5 rings (SSSR count). The number of nitrogens with one attached hydrogen (secondary N) is 2. The van der Waals surface area contributed by atoms with E-state index >= 15 is 0 Å². The van der Waals surface area contributed by atoms with Crippen LogP contribution in [0.25, 0.3) is 11.1 Å². The van der Waals surface area contributed by atoms with E-state index in [-0.39, 0.29) is 24.5 Å². The number of carbonyl (C=O) groups is 3. The van der Waals surface area contributed by atoms with Crippen LogP contribution in [0, 0.1) is 6.92 Å². The molecule has 3 heterocycles. The van der Waals surface area contributed by atoms with Crippen LogP contribution in [-0.2, 0) is 18.3 Å². The SMILES string of the molecule is COc1ccc2c(c1)CCN(C1CCN(C(=O)CNC(=O)c3cc(C)c4c(c3)oc(=O)n4C)CC1)C(=O)N2. The number of amides is 4. The highest BCUT2D eigenvalue weighted by atomic mass is 16.5. The Bertz CT molecular complexity index is 1470. The lowest BCUT2D eigenvalue weighted by Crippen LogP contribution is -2.51. The van der Waals surface area contributed by atoms with E-state index in [2.05, 4.69) is 10.6 Å². The third kappa shape index (κ3) is 4.83. The molecule has 2 aromatic carbocycles. The molecule has 11 heteroatoms. The predicted molar refractivity (Wildman–Crippen MR) is 141 cm³/mol. The number of nitrogens with zero attached hydrogens (tertiary/aromatic N) is 3. The first-order valence-corrected chi connectivity index (χ1v) is 12.7. The second-order valence-corrected chi connectivity index (χ2v) is 9.76. The zero-order valence-corrected chi connectivity index (χ0v) is 21.7. The summed E-state index contributed by atoms with van der Waals surface area (Å²) in [5.41, 5.74) is 3.84. The number of aryl methyl sites for hydroxylation is 2. The third-order valence-corrected chi connectivity index (χ3v) is 7.43. The third-order valence-electron chi connectivity index (χ3n) is 7.43. The first-order chi connectivity index (χ1) is 18.2. The Kier molecular flexibility index (Phi) is 6.83. The average molecular weight is 522 g/mol. The van der Waals surface area contributed by atoms with E-state index in [0.717, 1.165) is 22.6 Å². The van der Waals surface area contributed by atoms with Gasteiger partial charge in [0.2, 0.25) is 5.91 Å². The normalized spacial score (nSPS) is 16.1. The molecule has 3 aromatic rings. The van der Waals surface area contributed by atoms with Gasteiger partial charge in [-0.2, -0.15) is 0 Å².